The molecule has 0 saturated heterocycles. The van der Waals surface area contributed by atoms with Crippen molar-refractivity contribution in [3.05, 3.63) is 41.5 Å². The number of nitrogens with zero attached hydrogens (tertiary/aromatic N) is 2. The summed E-state index contributed by atoms with van der Waals surface area (Å²) in [5, 5.41) is 7.25. The molecule has 0 aliphatic heterocycles. The largest absolute Gasteiger partial charge is 0.444 e. The van der Waals surface area contributed by atoms with Crippen molar-refractivity contribution < 1.29 is 13.9 Å². The van der Waals surface area contributed by atoms with Gasteiger partial charge in [0.25, 0.3) is 0 Å². The molecule has 2 rings (SSSR count). The Bertz CT molecular complexity index is 736. The fraction of sp³-hybridized carbons (Fsp3) is 0.444. The number of halogens is 1. The Balaban J connectivity index is 1.97. The normalized spacial score (nSPS) is 11.4. The summed E-state index contributed by atoms with van der Waals surface area (Å²) < 4.78 is 20.1. The van der Waals surface area contributed by atoms with E-state index < -0.39 is 11.7 Å². The molecule has 1 aromatic heterocycles. The molecule has 0 fully saturated rings. The van der Waals surface area contributed by atoms with Crippen LogP contribution in [0.3, 0.4) is 0 Å². The second-order valence-corrected chi connectivity index (χ2v) is 7.79. The van der Waals surface area contributed by atoms with Crippen LogP contribution in [-0.4, -0.2) is 28.0 Å². The first kappa shape index (κ1) is 19.3. The number of carbonyl (C=O) groups is 1. The van der Waals surface area contributed by atoms with Crippen LogP contribution in [0.15, 0.2) is 34.1 Å². The quantitative estimate of drug-likeness (QED) is 0.858. The summed E-state index contributed by atoms with van der Waals surface area (Å²) in [4.78, 5) is 13.7. The molecule has 0 bridgehead atoms. The Morgan fingerprint density at radius 1 is 1.28 bits per heavy atom. The predicted molar refractivity (Wildman–Crippen MR) is 96.5 cm³/mol. The van der Waals surface area contributed by atoms with E-state index in [0.29, 0.717) is 13.1 Å². The molecule has 136 valence electrons. The number of carbonyl (C=O) groups excluding carboxylic acids is 1. The summed E-state index contributed by atoms with van der Waals surface area (Å²) in [6.45, 7) is 10.4. The number of aryl methyl sites for hydroxylation is 1. The molecule has 1 N–H and O–H groups in total. The van der Waals surface area contributed by atoms with E-state index in [9.17, 15) is 9.18 Å². The number of rotatable bonds is 5. The topological polar surface area (TPSA) is 56.2 Å². The van der Waals surface area contributed by atoms with Crippen LogP contribution in [0.4, 0.5) is 9.18 Å². The van der Waals surface area contributed by atoms with E-state index in [1.165, 1.54) is 12.1 Å². The number of hydrogen-bond donors (Lipinski definition) is 1. The van der Waals surface area contributed by atoms with Gasteiger partial charge < -0.3 is 10.1 Å². The van der Waals surface area contributed by atoms with E-state index >= 15 is 0 Å². The summed E-state index contributed by atoms with van der Waals surface area (Å²) in [7, 11) is 0. The molecule has 0 atom stereocenters. The van der Waals surface area contributed by atoms with Gasteiger partial charge >= 0.3 is 6.09 Å². The summed E-state index contributed by atoms with van der Waals surface area (Å²) in [5.41, 5.74) is 1.41. The van der Waals surface area contributed by atoms with Crippen molar-refractivity contribution in [3.8, 4) is 0 Å². The van der Waals surface area contributed by atoms with Gasteiger partial charge in [0.1, 0.15) is 11.4 Å². The first-order valence-electron chi connectivity index (χ1n) is 8.10. The Morgan fingerprint density at radius 2 is 1.92 bits per heavy atom. The van der Waals surface area contributed by atoms with E-state index in [1.54, 1.807) is 23.9 Å². The molecule has 25 heavy (non-hydrogen) atoms. The molecule has 0 saturated carbocycles. The first-order valence-corrected chi connectivity index (χ1v) is 8.91. The Labute approximate surface area is 151 Å². The highest BCUT2D eigenvalue weighted by Crippen LogP contribution is 2.32. The van der Waals surface area contributed by atoms with Gasteiger partial charge in [0.15, 0.2) is 0 Å². The molecule has 1 heterocycles. The number of benzene rings is 1. The number of nitrogens with one attached hydrogen (secondary N) is 1. The van der Waals surface area contributed by atoms with Gasteiger partial charge in [-0.3, -0.25) is 4.68 Å². The fourth-order valence-corrected chi connectivity index (χ4v) is 3.19. The zero-order valence-corrected chi connectivity index (χ0v) is 16.0. The molecule has 0 spiro atoms. The second kappa shape index (κ2) is 7.91. The SMILES string of the molecule is Cc1nn(CCNC(=O)OC(C)(C)C)c(C)c1Sc1ccc(F)cc1. The molecule has 0 radical (unpaired) electrons. The van der Waals surface area contributed by atoms with Crippen molar-refractivity contribution >= 4 is 17.9 Å². The van der Waals surface area contributed by atoms with Crippen LogP contribution >= 0.6 is 11.8 Å². The van der Waals surface area contributed by atoms with Gasteiger partial charge in [-0.15, -0.1) is 0 Å². The molecule has 0 unspecified atom stereocenters. The average molecular weight is 365 g/mol. The van der Waals surface area contributed by atoms with E-state index in [0.717, 1.165) is 21.2 Å². The van der Waals surface area contributed by atoms with Gasteiger partial charge in [-0.2, -0.15) is 5.10 Å². The lowest BCUT2D eigenvalue weighted by Crippen LogP contribution is -2.34. The van der Waals surface area contributed by atoms with E-state index in [-0.39, 0.29) is 5.82 Å². The zero-order valence-electron chi connectivity index (χ0n) is 15.2. The van der Waals surface area contributed by atoms with Gasteiger partial charge in [0, 0.05) is 17.1 Å². The van der Waals surface area contributed by atoms with Gasteiger partial charge in [-0.05, 0) is 58.9 Å². The van der Waals surface area contributed by atoms with Crippen LogP contribution in [0.5, 0.6) is 0 Å². The molecular weight excluding hydrogens is 341 g/mol. The van der Waals surface area contributed by atoms with E-state index in [2.05, 4.69) is 10.4 Å². The molecule has 2 aromatic rings. The monoisotopic (exact) mass is 365 g/mol. The maximum atomic E-state index is 13.0. The number of aromatic nitrogens is 2. The Morgan fingerprint density at radius 3 is 2.52 bits per heavy atom. The van der Waals surface area contributed by atoms with E-state index in [4.69, 9.17) is 4.74 Å². The maximum absolute atomic E-state index is 13.0. The van der Waals surface area contributed by atoms with Crippen molar-refractivity contribution in [2.45, 2.75) is 56.6 Å². The van der Waals surface area contributed by atoms with Crippen molar-refractivity contribution in [1.29, 1.82) is 0 Å². The third-order valence-corrected chi connectivity index (χ3v) is 4.64. The highest BCUT2D eigenvalue weighted by molar-refractivity contribution is 7.99. The van der Waals surface area contributed by atoms with Crippen molar-refractivity contribution in [1.82, 2.24) is 15.1 Å². The third kappa shape index (κ3) is 5.77. The smallest absolute Gasteiger partial charge is 0.407 e. The summed E-state index contributed by atoms with van der Waals surface area (Å²) in [6.07, 6.45) is -0.435. The first-order chi connectivity index (χ1) is 11.7. The maximum Gasteiger partial charge on any atom is 0.407 e. The lowest BCUT2D eigenvalue weighted by Gasteiger charge is -2.19. The third-order valence-electron chi connectivity index (χ3n) is 3.34. The van der Waals surface area contributed by atoms with Gasteiger partial charge in [0.05, 0.1) is 17.1 Å². The zero-order chi connectivity index (χ0) is 18.6. The van der Waals surface area contributed by atoms with Gasteiger partial charge in [0.2, 0.25) is 0 Å². The summed E-state index contributed by atoms with van der Waals surface area (Å²) in [5.74, 6) is -0.248. The molecule has 1 aromatic carbocycles. The lowest BCUT2D eigenvalue weighted by molar-refractivity contribution is 0.0525. The molecule has 1 amide bonds. The van der Waals surface area contributed by atoms with Crippen molar-refractivity contribution in [3.63, 3.8) is 0 Å². The van der Waals surface area contributed by atoms with Crippen molar-refractivity contribution in [2.75, 3.05) is 6.54 Å². The Hall–Kier alpha value is -2.02. The minimum atomic E-state index is -0.513. The average Bonchev–Trinajstić information content (AvgIpc) is 2.75. The molecule has 5 nitrogen and oxygen atoms in total. The fourth-order valence-electron chi connectivity index (χ4n) is 2.24. The van der Waals surface area contributed by atoms with Crippen LogP contribution in [0, 0.1) is 19.7 Å². The summed E-state index contributed by atoms with van der Waals surface area (Å²) in [6, 6.07) is 6.39. The minimum absolute atomic E-state index is 0.248. The number of alkyl carbamates (subject to hydrolysis) is 1. The Kier molecular flexibility index (Phi) is 6.11. The number of amides is 1. The molecular formula is C18H24FN3O2S. The lowest BCUT2D eigenvalue weighted by atomic mass is 10.2. The standard InChI is InChI=1S/C18H24FN3O2S/c1-12-16(25-15-8-6-14(19)7-9-15)13(2)22(21-12)11-10-20-17(23)24-18(3,4)5/h6-9H,10-11H2,1-5H3,(H,20,23). The predicted octanol–water partition coefficient (Wildman–Crippen LogP) is 4.31. The van der Waals surface area contributed by atoms with Crippen LogP contribution in [0.25, 0.3) is 0 Å². The minimum Gasteiger partial charge on any atom is -0.444 e. The van der Waals surface area contributed by atoms with E-state index in [1.807, 2.05) is 39.3 Å². The summed E-state index contributed by atoms with van der Waals surface area (Å²) >= 11 is 1.56. The highest BCUT2D eigenvalue weighted by Gasteiger charge is 2.16. The molecule has 7 heteroatoms. The van der Waals surface area contributed by atoms with Crippen LogP contribution < -0.4 is 5.32 Å². The second-order valence-electron chi connectivity index (χ2n) is 6.71. The molecule has 0 aliphatic rings. The molecule has 0 aliphatic carbocycles. The van der Waals surface area contributed by atoms with Crippen molar-refractivity contribution in [2.24, 2.45) is 0 Å². The van der Waals surface area contributed by atoms with Crippen LogP contribution in [-0.2, 0) is 11.3 Å². The van der Waals surface area contributed by atoms with Crippen LogP contribution in [0.1, 0.15) is 32.2 Å². The number of hydrogen-bond acceptors (Lipinski definition) is 4. The van der Waals surface area contributed by atoms with Gasteiger partial charge in [-0.25, -0.2) is 9.18 Å². The number of ether oxygens (including phenoxy) is 1. The highest BCUT2D eigenvalue weighted by atomic mass is 32.2. The van der Waals surface area contributed by atoms with Crippen LogP contribution in [0.2, 0.25) is 0 Å². The van der Waals surface area contributed by atoms with Gasteiger partial charge in [-0.1, -0.05) is 11.8 Å².